The van der Waals surface area contributed by atoms with Gasteiger partial charge in [-0.1, -0.05) is 25.1 Å². The second kappa shape index (κ2) is 5.21. The van der Waals surface area contributed by atoms with E-state index in [1.165, 1.54) is 0 Å². The van der Waals surface area contributed by atoms with Gasteiger partial charge in [0.2, 0.25) is 0 Å². The van der Waals surface area contributed by atoms with Gasteiger partial charge in [0.15, 0.2) is 0 Å². The smallest absolute Gasteiger partial charge is 0.306 e. The molecule has 104 valence electrons. The topological polar surface area (TPSA) is 29.9 Å². The molecule has 0 spiro atoms. The van der Waals surface area contributed by atoms with E-state index in [-0.39, 0.29) is 13.0 Å². The van der Waals surface area contributed by atoms with E-state index in [4.69, 9.17) is 0 Å². The van der Waals surface area contributed by atoms with Crippen LogP contribution in [0.5, 0.6) is 0 Å². The molecule has 0 bridgehead atoms. The van der Waals surface area contributed by atoms with E-state index in [1.807, 2.05) is 18.2 Å². The molecule has 0 aliphatic carbocycles. The summed E-state index contributed by atoms with van der Waals surface area (Å²) in [5.74, 6) is 0. The van der Waals surface area contributed by atoms with Crippen LogP contribution in [0.3, 0.4) is 0 Å². The number of halogens is 3. The predicted octanol–water partition coefficient (Wildman–Crippen LogP) is 2.66. The number of benzene rings is 1. The Morgan fingerprint density at radius 1 is 1.32 bits per heavy atom. The summed E-state index contributed by atoms with van der Waals surface area (Å²) in [5.41, 5.74) is 1.32. The van der Waals surface area contributed by atoms with Gasteiger partial charge in [0.05, 0.1) is 11.2 Å². The first-order valence-corrected chi connectivity index (χ1v) is 6.14. The van der Waals surface area contributed by atoms with Gasteiger partial charge in [0, 0.05) is 18.9 Å². The summed E-state index contributed by atoms with van der Waals surface area (Å²) in [6.07, 6.45) is -4.42. The van der Waals surface area contributed by atoms with E-state index < -0.39 is 12.2 Å². The van der Waals surface area contributed by atoms with Gasteiger partial charge in [0.25, 0.3) is 0 Å². The van der Waals surface area contributed by atoms with Crippen LogP contribution in [0.1, 0.15) is 12.6 Å². The van der Waals surface area contributed by atoms with E-state index >= 15 is 0 Å². The van der Waals surface area contributed by atoms with E-state index in [0.717, 1.165) is 10.9 Å². The van der Waals surface area contributed by atoms with Crippen molar-refractivity contribution in [3.63, 3.8) is 0 Å². The molecular formula is C13H16F3N3. The minimum absolute atomic E-state index is 0.154. The number of fused-ring (bicyclic) bond motifs is 1. The average molecular weight is 271 g/mol. The summed E-state index contributed by atoms with van der Waals surface area (Å²) >= 11 is 0. The number of nitrogens with one attached hydrogen (secondary N) is 1. The fraction of sp³-hybridized carbons (Fsp3) is 0.462. The van der Waals surface area contributed by atoms with Crippen LogP contribution < -0.4 is 5.32 Å². The Morgan fingerprint density at radius 3 is 2.63 bits per heavy atom. The molecule has 0 saturated carbocycles. The zero-order valence-corrected chi connectivity index (χ0v) is 10.8. The Hall–Kier alpha value is -1.56. The number of nitrogens with zero attached hydrogens (tertiary/aromatic N) is 2. The predicted molar refractivity (Wildman–Crippen MR) is 67.9 cm³/mol. The van der Waals surface area contributed by atoms with E-state index in [0.29, 0.717) is 5.69 Å². The molecule has 2 rings (SSSR count). The quantitative estimate of drug-likeness (QED) is 0.926. The highest BCUT2D eigenvalue weighted by molar-refractivity contribution is 5.81. The average Bonchev–Trinajstić information content (AvgIpc) is 2.66. The molecule has 0 saturated heterocycles. The molecule has 0 fully saturated rings. The molecule has 0 radical (unpaired) electrons. The summed E-state index contributed by atoms with van der Waals surface area (Å²) in [4.78, 5) is 0. The lowest BCUT2D eigenvalue weighted by atomic mass is 10.1. The fourth-order valence-corrected chi connectivity index (χ4v) is 2.18. The lowest BCUT2D eigenvalue weighted by Gasteiger charge is -2.20. The third-order valence-electron chi connectivity index (χ3n) is 3.08. The van der Waals surface area contributed by atoms with Gasteiger partial charge in [-0.15, -0.1) is 0 Å². The summed E-state index contributed by atoms with van der Waals surface area (Å²) in [6.45, 7) is 1.93. The molecule has 0 amide bonds. The number of alkyl halides is 3. The fourth-order valence-electron chi connectivity index (χ4n) is 2.18. The number of para-hydroxylation sites is 1. The zero-order valence-electron chi connectivity index (χ0n) is 10.8. The van der Waals surface area contributed by atoms with Crippen molar-refractivity contribution in [3.8, 4) is 0 Å². The summed E-state index contributed by atoms with van der Waals surface area (Å²) < 4.78 is 40.3. The molecule has 0 aliphatic rings. The molecule has 1 heterocycles. The second-order valence-electron chi connectivity index (χ2n) is 4.44. The van der Waals surface area contributed by atoms with Gasteiger partial charge in [-0.25, -0.2) is 0 Å². The first kappa shape index (κ1) is 13.9. The van der Waals surface area contributed by atoms with Gasteiger partial charge >= 0.3 is 6.18 Å². The number of aryl methyl sites for hydroxylation is 1. The third-order valence-corrected chi connectivity index (χ3v) is 3.08. The van der Waals surface area contributed by atoms with Crippen LogP contribution in [-0.2, 0) is 13.5 Å². The van der Waals surface area contributed by atoms with Crippen molar-refractivity contribution in [2.75, 3.05) is 6.54 Å². The highest BCUT2D eigenvalue weighted by atomic mass is 19.4. The maximum Gasteiger partial charge on any atom is 0.404 e. The van der Waals surface area contributed by atoms with E-state index in [2.05, 4.69) is 10.4 Å². The standard InChI is InChI=1S/C13H16F3N3/c1-3-17-12(13(14,15)16)8-10-9-6-4-5-7-11(9)19(2)18-10/h4-7,12,17H,3,8H2,1-2H3. The Labute approximate surface area is 109 Å². The third kappa shape index (κ3) is 2.89. The minimum atomic E-state index is -4.27. The molecule has 1 N–H and O–H groups in total. The molecular weight excluding hydrogens is 255 g/mol. The van der Waals surface area contributed by atoms with Crippen molar-refractivity contribution in [1.29, 1.82) is 0 Å². The van der Waals surface area contributed by atoms with E-state index in [9.17, 15) is 13.2 Å². The summed E-state index contributed by atoms with van der Waals surface area (Å²) in [7, 11) is 1.74. The van der Waals surface area contributed by atoms with Crippen molar-refractivity contribution in [2.45, 2.75) is 25.6 Å². The highest BCUT2D eigenvalue weighted by Gasteiger charge is 2.39. The summed E-state index contributed by atoms with van der Waals surface area (Å²) in [5, 5.41) is 7.45. The normalized spacial score (nSPS) is 13.9. The van der Waals surface area contributed by atoms with Crippen LogP contribution in [0.4, 0.5) is 13.2 Å². The first-order chi connectivity index (χ1) is 8.93. The number of likely N-dealkylation sites (N-methyl/N-ethyl adjacent to an activating group) is 1. The molecule has 6 heteroatoms. The van der Waals surface area contributed by atoms with Crippen LogP contribution in [0.15, 0.2) is 24.3 Å². The molecule has 1 aromatic carbocycles. The molecule has 1 aromatic heterocycles. The lowest BCUT2D eigenvalue weighted by molar-refractivity contribution is -0.155. The van der Waals surface area contributed by atoms with Crippen LogP contribution in [0.25, 0.3) is 10.9 Å². The van der Waals surface area contributed by atoms with Crippen LogP contribution in [0.2, 0.25) is 0 Å². The van der Waals surface area contributed by atoms with E-state index in [1.54, 1.807) is 24.7 Å². The molecule has 0 aliphatic heterocycles. The van der Waals surface area contributed by atoms with Crippen LogP contribution >= 0.6 is 0 Å². The number of hydrogen-bond acceptors (Lipinski definition) is 2. The van der Waals surface area contributed by atoms with Gasteiger partial charge in [0.1, 0.15) is 6.04 Å². The molecule has 2 aromatic rings. The number of hydrogen-bond donors (Lipinski definition) is 1. The van der Waals surface area contributed by atoms with Crippen molar-refractivity contribution < 1.29 is 13.2 Å². The highest BCUT2D eigenvalue weighted by Crippen LogP contribution is 2.26. The Bertz CT molecular complexity index is 560. The van der Waals surface area contributed by atoms with Gasteiger partial charge in [-0.2, -0.15) is 18.3 Å². The maximum atomic E-state index is 12.9. The van der Waals surface area contributed by atoms with Crippen molar-refractivity contribution in [1.82, 2.24) is 15.1 Å². The lowest BCUT2D eigenvalue weighted by Crippen LogP contribution is -2.43. The molecule has 19 heavy (non-hydrogen) atoms. The first-order valence-electron chi connectivity index (χ1n) is 6.14. The van der Waals surface area contributed by atoms with Crippen molar-refractivity contribution in [3.05, 3.63) is 30.0 Å². The Morgan fingerprint density at radius 2 is 2.00 bits per heavy atom. The van der Waals surface area contributed by atoms with Crippen LogP contribution in [0, 0.1) is 0 Å². The second-order valence-corrected chi connectivity index (χ2v) is 4.44. The maximum absolute atomic E-state index is 12.9. The van der Waals surface area contributed by atoms with Gasteiger partial charge in [-0.3, -0.25) is 4.68 Å². The molecule has 3 nitrogen and oxygen atoms in total. The zero-order chi connectivity index (χ0) is 14.0. The van der Waals surface area contributed by atoms with Crippen LogP contribution in [-0.4, -0.2) is 28.5 Å². The Kier molecular flexibility index (Phi) is 3.80. The largest absolute Gasteiger partial charge is 0.404 e. The minimum Gasteiger partial charge on any atom is -0.306 e. The Balaban J connectivity index is 2.34. The molecule has 1 atom stereocenters. The summed E-state index contributed by atoms with van der Waals surface area (Å²) in [6, 6.07) is 5.75. The van der Waals surface area contributed by atoms with Gasteiger partial charge in [-0.05, 0) is 12.6 Å². The monoisotopic (exact) mass is 271 g/mol. The van der Waals surface area contributed by atoms with Crippen molar-refractivity contribution in [2.24, 2.45) is 7.05 Å². The van der Waals surface area contributed by atoms with Gasteiger partial charge < -0.3 is 5.32 Å². The molecule has 1 unspecified atom stereocenters. The number of aromatic nitrogens is 2. The van der Waals surface area contributed by atoms with Crippen molar-refractivity contribution >= 4 is 10.9 Å². The SMILES string of the molecule is CCNC(Cc1nn(C)c2ccccc12)C(F)(F)F. The number of rotatable bonds is 4.